The summed E-state index contributed by atoms with van der Waals surface area (Å²) >= 11 is -0.415. The number of carbonyl (C=O) groups excluding carboxylic acids is 1. The molecule has 0 radical (unpaired) electrons. The van der Waals surface area contributed by atoms with Gasteiger partial charge in [0.1, 0.15) is 5.03 Å². The molecule has 1 atom stereocenters. The Hall–Kier alpha value is -1.75. The fourth-order valence-electron chi connectivity index (χ4n) is 1.64. The molecule has 21 heavy (non-hydrogen) atoms. The lowest BCUT2D eigenvalue weighted by Crippen LogP contribution is -2.34. The van der Waals surface area contributed by atoms with Crippen molar-refractivity contribution in [2.75, 3.05) is 13.1 Å². The van der Waals surface area contributed by atoms with Gasteiger partial charge in [0.25, 0.3) is 5.91 Å². The van der Waals surface area contributed by atoms with Gasteiger partial charge in [-0.25, -0.2) is 4.98 Å². The summed E-state index contributed by atoms with van der Waals surface area (Å²) < 4.78 is 37.5. The van der Waals surface area contributed by atoms with Crippen molar-refractivity contribution in [3.63, 3.8) is 0 Å². The van der Waals surface area contributed by atoms with Crippen LogP contribution in [0.1, 0.15) is 24.2 Å². The molecule has 0 saturated carbocycles. The van der Waals surface area contributed by atoms with E-state index in [2.05, 4.69) is 4.98 Å². The number of carbonyl (C=O) groups is 1. The molecule has 8 heteroatoms. The molecule has 114 valence electrons. The highest BCUT2D eigenvalue weighted by atomic mass is 32.2. The average molecular weight is 317 g/mol. The smallest absolute Gasteiger partial charge is 0.338 e. The molecule has 0 bridgehead atoms. The molecule has 1 aromatic heterocycles. The number of amides is 1. The predicted octanol–water partition coefficient (Wildman–Crippen LogP) is 3.32. The Morgan fingerprint density at radius 1 is 1.57 bits per heavy atom. The molecule has 0 aliphatic carbocycles. The second-order valence-corrected chi connectivity index (χ2v) is 5.33. The Bertz CT molecular complexity index is 542. The maximum absolute atomic E-state index is 12.5. The minimum atomic E-state index is -4.51. The Morgan fingerprint density at radius 2 is 2.24 bits per heavy atom. The molecule has 0 unspecified atom stereocenters. The molecule has 0 N–H and O–H groups in total. The van der Waals surface area contributed by atoms with Crippen molar-refractivity contribution < 1.29 is 18.0 Å². The van der Waals surface area contributed by atoms with Crippen LogP contribution in [-0.2, 0) is 0 Å². The van der Waals surface area contributed by atoms with Crippen LogP contribution in [0.4, 0.5) is 13.2 Å². The maximum atomic E-state index is 12.5. The number of pyridine rings is 1. The summed E-state index contributed by atoms with van der Waals surface area (Å²) in [5.74, 6) is -0.955. The van der Waals surface area contributed by atoms with Crippen LogP contribution in [0.15, 0.2) is 23.4 Å². The number of hydrogen-bond donors (Lipinski definition) is 0. The maximum Gasteiger partial charge on any atom is 0.447 e. The van der Waals surface area contributed by atoms with Crippen molar-refractivity contribution in [3.05, 3.63) is 23.9 Å². The molecule has 1 heterocycles. The lowest BCUT2D eigenvalue weighted by molar-refractivity contribution is -0.0329. The highest BCUT2D eigenvalue weighted by Gasteiger charge is 2.33. The molecule has 0 aliphatic rings. The van der Waals surface area contributed by atoms with Gasteiger partial charge in [0.2, 0.25) is 0 Å². The second kappa shape index (κ2) is 7.31. The lowest BCUT2D eigenvalue weighted by Gasteiger charge is -2.22. The highest BCUT2D eigenvalue weighted by molar-refractivity contribution is 8.00. The third kappa shape index (κ3) is 5.27. The molecule has 0 fully saturated rings. The van der Waals surface area contributed by atoms with Gasteiger partial charge in [-0.15, -0.1) is 0 Å². The van der Waals surface area contributed by atoms with Crippen molar-refractivity contribution in [3.8, 4) is 6.07 Å². The van der Waals surface area contributed by atoms with Gasteiger partial charge in [-0.3, -0.25) is 4.79 Å². The van der Waals surface area contributed by atoms with Gasteiger partial charge in [0.15, 0.2) is 0 Å². The first kappa shape index (κ1) is 17.3. The molecule has 4 nitrogen and oxygen atoms in total. The van der Waals surface area contributed by atoms with E-state index in [1.807, 2.05) is 6.07 Å². The van der Waals surface area contributed by atoms with E-state index in [4.69, 9.17) is 5.26 Å². The zero-order valence-corrected chi connectivity index (χ0v) is 12.3. The summed E-state index contributed by atoms with van der Waals surface area (Å²) in [7, 11) is 0. The molecule has 1 rings (SSSR count). The van der Waals surface area contributed by atoms with E-state index in [0.29, 0.717) is 6.54 Å². The summed E-state index contributed by atoms with van der Waals surface area (Å²) in [6.45, 7) is 3.81. The van der Waals surface area contributed by atoms with Crippen LogP contribution in [-0.4, -0.2) is 34.4 Å². The molecule has 1 aromatic rings. The van der Waals surface area contributed by atoms with E-state index in [0.717, 1.165) is 0 Å². The molecule has 1 amide bonds. The van der Waals surface area contributed by atoms with E-state index >= 15 is 0 Å². The first-order valence-electron chi connectivity index (χ1n) is 6.18. The van der Waals surface area contributed by atoms with Crippen LogP contribution < -0.4 is 0 Å². The summed E-state index contributed by atoms with van der Waals surface area (Å²) in [6.07, 6.45) is 1.21. The van der Waals surface area contributed by atoms with Gasteiger partial charge in [-0.05, 0) is 26.0 Å². The quantitative estimate of drug-likeness (QED) is 0.782. The summed E-state index contributed by atoms with van der Waals surface area (Å²) in [5.41, 5.74) is -4.62. The second-order valence-electron chi connectivity index (χ2n) is 4.28. The molecule has 0 spiro atoms. The number of thioether (sulfide) groups is 1. The molecule has 0 aliphatic heterocycles. The topological polar surface area (TPSA) is 57.0 Å². The Labute approximate surface area is 125 Å². The number of rotatable bonds is 5. The van der Waals surface area contributed by atoms with Crippen LogP contribution in [0.3, 0.4) is 0 Å². The number of aromatic nitrogens is 1. The monoisotopic (exact) mass is 317 g/mol. The highest BCUT2D eigenvalue weighted by Crippen LogP contribution is 2.37. The molecule has 0 aromatic carbocycles. The van der Waals surface area contributed by atoms with Crippen molar-refractivity contribution >= 4 is 17.7 Å². The van der Waals surface area contributed by atoms with Crippen molar-refractivity contribution in [1.82, 2.24) is 9.88 Å². The number of nitrogens with zero attached hydrogens (tertiary/aromatic N) is 3. The van der Waals surface area contributed by atoms with Gasteiger partial charge < -0.3 is 4.90 Å². The Morgan fingerprint density at radius 3 is 2.76 bits per heavy atom. The van der Waals surface area contributed by atoms with Crippen LogP contribution in [0.25, 0.3) is 0 Å². The lowest BCUT2D eigenvalue weighted by atomic mass is 10.1. The first-order chi connectivity index (χ1) is 9.78. The number of alkyl halides is 3. The van der Waals surface area contributed by atoms with Crippen LogP contribution >= 0.6 is 11.8 Å². The third-order valence-corrected chi connectivity index (χ3v) is 3.35. The third-order valence-electron chi connectivity index (χ3n) is 2.60. The zero-order chi connectivity index (χ0) is 16.0. The normalized spacial score (nSPS) is 12.6. The molecular formula is C13H14F3N3OS. The van der Waals surface area contributed by atoms with Crippen molar-refractivity contribution in [1.29, 1.82) is 5.26 Å². The minimum Gasteiger partial charge on any atom is -0.338 e. The largest absolute Gasteiger partial charge is 0.447 e. The van der Waals surface area contributed by atoms with Crippen LogP contribution in [0, 0.1) is 17.2 Å². The molecular weight excluding hydrogens is 303 g/mol. The summed E-state index contributed by atoms with van der Waals surface area (Å²) in [4.78, 5) is 17.3. The van der Waals surface area contributed by atoms with Crippen LogP contribution in [0.5, 0.6) is 0 Å². The van der Waals surface area contributed by atoms with E-state index < -0.39 is 29.1 Å². The van der Waals surface area contributed by atoms with E-state index in [1.165, 1.54) is 23.2 Å². The fraction of sp³-hybridized carbons (Fsp3) is 0.462. The summed E-state index contributed by atoms with van der Waals surface area (Å²) in [5, 5.41) is 8.41. The SMILES string of the molecule is CCN(C[C@@H](C)C#N)C(=O)c1cccnc1SC(F)(F)F. The van der Waals surface area contributed by atoms with Gasteiger partial charge in [0.05, 0.1) is 17.6 Å². The zero-order valence-electron chi connectivity index (χ0n) is 11.5. The van der Waals surface area contributed by atoms with Gasteiger partial charge in [-0.2, -0.15) is 18.4 Å². The number of nitriles is 1. The predicted molar refractivity (Wildman–Crippen MR) is 72.5 cm³/mol. The van der Waals surface area contributed by atoms with Crippen LogP contribution in [0.2, 0.25) is 0 Å². The van der Waals surface area contributed by atoms with Crippen molar-refractivity contribution in [2.45, 2.75) is 24.4 Å². The van der Waals surface area contributed by atoms with E-state index in [9.17, 15) is 18.0 Å². The van der Waals surface area contributed by atoms with Gasteiger partial charge in [0, 0.05) is 31.0 Å². The Balaban J connectivity index is 3.03. The van der Waals surface area contributed by atoms with Gasteiger partial charge in [-0.1, -0.05) is 0 Å². The minimum absolute atomic E-state index is 0.105. The van der Waals surface area contributed by atoms with E-state index in [-0.39, 0.29) is 17.1 Å². The first-order valence-corrected chi connectivity index (χ1v) is 6.99. The number of hydrogen-bond acceptors (Lipinski definition) is 4. The van der Waals surface area contributed by atoms with Crippen molar-refractivity contribution in [2.24, 2.45) is 5.92 Å². The fourth-order valence-corrected chi connectivity index (χ4v) is 2.24. The number of halogens is 3. The Kier molecular flexibility index (Phi) is 6.03. The molecule has 0 saturated heterocycles. The standard InChI is InChI=1S/C13H14F3N3OS/c1-3-19(8-9(2)7-17)12(20)10-5-4-6-18-11(10)21-13(14,15)16/h4-6,9H,3,8H2,1-2H3/t9-/m0/s1. The summed E-state index contributed by atoms with van der Waals surface area (Å²) in [6, 6.07) is 4.71. The van der Waals surface area contributed by atoms with E-state index in [1.54, 1.807) is 13.8 Å². The van der Waals surface area contributed by atoms with Gasteiger partial charge >= 0.3 is 5.51 Å². The average Bonchev–Trinajstić information content (AvgIpc) is 2.42.